The normalized spacial score (nSPS) is 17.6. The molecule has 60 valence electrons. The van der Waals surface area contributed by atoms with E-state index in [0.717, 1.165) is 16.7 Å². The molecule has 0 unspecified atom stereocenters. The molecule has 0 aromatic rings. The fraction of sp³-hybridized carbons (Fsp3) is 0.400. The molecule has 2 N–H and O–H groups in total. The fourth-order valence-corrected chi connectivity index (χ4v) is 1.41. The maximum atomic E-state index is 10.8. The van der Waals surface area contributed by atoms with E-state index in [4.69, 9.17) is 5.73 Å². The molecular weight excluding hydrogens is 168 g/mol. The lowest BCUT2D eigenvalue weighted by molar-refractivity contribution is -0.129. The van der Waals surface area contributed by atoms with E-state index in [1.807, 2.05) is 0 Å². The van der Waals surface area contributed by atoms with E-state index in [0.29, 0.717) is 0 Å². The minimum absolute atomic E-state index is 0.117. The predicted molar refractivity (Wildman–Crippen MR) is 38.8 cm³/mol. The Morgan fingerprint density at radius 3 is 2.64 bits per heavy atom. The average Bonchev–Trinajstić information content (AvgIpc) is 2.18. The Kier molecular flexibility index (Phi) is 2.13. The molecule has 0 aliphatic carbocycles. The molecule has 5 nitrogen and oxygen atoms in total. The molecular formula is C5H6N2O3S. The van der Waals surface area contributed by atoms with Gasteiger partial charge in [0.1, 0.15) is 6.54 Å². The van der Waals surface area contributed by atoms with Gasteiger partial charge >= 0.3 is 0 Å². The smallest absolute Gasteiger partial charge is 0.289 e. The van der Waals surface area contributed by atoms with Gasteiger partial charge in [-0.3, -0.25) is 19.3 Å². The van der Waals surface area contributed by atoms with E-state index in [2.05, 4.69) is 0 Å². The first-order valence-corrected chi connectivity index (χ1v) is 3.85. The van der Waals surface area contributed by atoms with Crippen molar-refractivity contribution in [3.8, 4) is 0 Å². The number of carbonyl (C=O) groups is 3. The van der Waals surface area contributed by atoms with E-state index in [1.165, 1.54) is 0 Å². The summed E-state index contributed by atoms with van der Waals surface area (Å²) in [6, 6.07) is 0. The van der Waals surface area contributed by atoms with Gasteiger partial charge in [0, 0.05) is 0 Å². The maximum absolute atomic E-state index is 10.8. The largest absolute Gasteiger partial charge is 0.368 e. The van der Waals surface area contributed by atoms with Crippen molar-refractivity contribution in [3.05, 3.63) is 0 Å². The van der Waals surface area contributed by atoms with Gasteiger partial charge in [0.15, 0.2) is 0 Å². The monoisotopic (exact) mass is 174 g/mol. The van der Waals surface area contributed by atoms with Crippen LogP contribution in [0.3, 0.4) is 0 Å². The molecule has 3 amide bonds. The van der Waals surface area contributed by atoms with Crippen LogP contribution in [0.5, 0.6) is 0 Å². The van der Waals surface area contributed by atoms with Crippen LogP contribution in [-0.4, -0.2) is 34.3 Å². The van der Waals surface area contributed by atoms with Gasteiger partial charge < -0.3 is 5.73 Å². The van der Waals surface area contributed by atoms with Crippen LogP contribution in [0.2, 0.25) is 0 Å². The van der Waals surface area contributed by atoms with Gasteiger partial charge in [-0.1, -0.05) is 11.8 Å². The minimum Gasteiger partial charge on any atom is -0.368 e. The van der Waals surface area contributed by atoms with Crippen LogP contribution in [0.1, 0.15) is 0 Å². The average molecular weight is 174 g/mol. The van der Waals surface area contributed by atoms with Crippen LogP contribution in [0.15, 0.2) is 0 Å². The number of imide groups is 1. The highest BCUT2D eigenvalue weighted by atomic mass is 32.2. The van der Waals surface area contributed by atoms with Crippen molar-refractivity contribution in [1.82, 2.24) is 4.90 Å². The van der Waals surface area contributed by atoms with Gasteiger partial charge in [0.05, 0.1) is 5.75 Å². The maximum Gasteiger partial charge on any atom is 0.289 e. The van der Waals surface area contributed by atoms with E-state index in [-0.39, 0.29) is 18.2 Å². The second-order valence-corrected chi connectivity index (χ2v) is 2.93. The lowest BCUT2D eigenvalue weighted by atomic mass is 10.5. The third-order valence-electron chi connectivity index (χ3n) is 1.15. The van der Waals surface area contributed by atoms with Crippen LogP contribution < -0.4 is 5.73 Å². The minimum atomic E-state index is -0.672. The summed E-state index contributed by atoms with van der Waals surface area (Å²) < 4.78 is 0. The zero-order valence-corrected chi connectivity index (χ0v) is 6.39. The Morgan fingerprint density at radius 1 is 1.64 bits per heavy atom. The molecule has 6 heteroatoms. The first-order valence-electron chi connectivity index (χ1n) is 2.86. The molecule has 1 aliphatic rings. The molecule has 0 aromatic heterocycles. The van der Waals surface area contributed by atoms with E-state index >= 15 is 0 Å². The first kappa shape index (κ1) is 8.06. The van der Waals surface area contributed by atoms with Crippen LogP contribution in [-0.2, 0) is 9.59 Å². The van der Waals surface area contributed by atoms with Gasteiger partial charge in [0.2, 0.25) is 11.8 Å². The summed E-state index contributed by atoms with van der Waals surface area (Å²) in [7, 11) is 0. The molecule has 0 aromatic carbocycles. The zero-order valence-electron chi connectivity index (χ0n) is 5.57. The van der Waals surface area contributed by atoms with Gasteiger partial charge in [-0.15, -0.1) is 0 Å². The zero-order chi connectivity index (χ0) is 8.43. The van der Waals surface area contributed by atoms with E-state index in [9.17, 15) is 14.4 Å². The van der Waals surface area contributed by atoms with Crippen LogP contribution in [0.4, 0.5) is 4.79 Å². The molecule has 1 aliphatic heterocycles. The topological polar surface area (TPSA) is 80.5 Å². The number of nitrogens with zero attached hydrogens (tertiary/aromatic N) is 1. The van der Waals surface area contributed by atoms with E-state index in [1.54, 1.807) is 0 Å². The number of primary amides is 1. The molecule has 11 heavy (non-hydrogen) atoms. The Labute approximate surface area is 66.9 Å². The third-order valence-corrected chi connectivity index (χ3v) is 2.01. The molecule has 1 heterocycles. The summed E-state index contributed by atoms with van der Waals surface area (Å²) in [5.41, 5.74) is 4.80. The Bertz CT molecular complexity index is 212. The summed E-state index contributed by atoms with van der Waals surface area (Å²) in [6.45, 7) is -0.301. The highest BCUT2D eigenvalue weighted by Gasteiger charge is 2.30. The molecule has 1 fully saturated rings. The number of nitrogens with two attached hydrogens (primary N) is 1. The predicted octanol–water partition coefficient (Wildman–Crippen LogP) is -0.833. The van der Waals surface area contributed by atoms with Crippen LogP contribution >= 0.6 is 11.8 Å². The van der Waals surface area contributed by atoms with Gasteiger partial charge in [-0.05, 0) is 0 Å². The first-order chi connectivity index (χ1) is 5.11. The molecule has 1 rings (SSSR count). The standard InChI is InChI=1S/C5H6N2O3S/c6-3(8)1-7-4(9)2-11-5(7)10/h1-2H2,(H2,6,8). The lowest BCUT2D eigenvalue weighted by Gasteiger charge is -2.08. The number of rotatable bonds is 2. The highest BCUT2D eigenvalue weighted by Crippen LogP contribution is 2.17. The summed E-state index contributed by atoms with van der Waals surface area (Å²) in [6.07, 6.45) is 0. The van der Waals surface area contributed by atoms with Crippen molar-refractivity contribution < 1.29 is 14.4 Å². The van der Waals surface area contributed by atoms with Crippen molar-refractivity contribution in [2.75, 3.05) is 12.3 Å². The quantitative estimate of drug-likeness (QED) is 0.592. The van der Waals surface area contributed by atoms with Crippen molar-refractivity contribution >= 4 is 28.8 Å². The number of thioether (sulfide) groups is 1. The lowest BCUT2D eigenvalue weighted by Crippen LogP contribution is -2.36. The van der Waals surface area contributed by atoms with Gasteiger partial charge in [-0.25, -0.2) is 0 Å². The molecule has 0 atom stereocenters. The molecule has 0 bridgehead atoms. The van der Waals surface area contributed by atoms with Crippen molar-refractivity contribution in [1.29, 1.82) is 0 Å². The van der Waals surface area contributed by atoms with Gasteiger partial charge in [-0.2, -0.15) is 0 Å². The van der Waals surface area contributed by atoms with Crippen molar-refractivity contribution in [2.45, 2.75) is 0 Å². The van der Waals surface area contributed by atoms with Crippen molar-refractivity contribution in [3.63, 3.8) is 0 Å². The number of hydrogen-bond donors (Lipinski definition) is 1. The Hall–Kier alpha value is -1.04. The third kappa shape index (κ3) is 1.70. The molecule has 0 radical (unpaired) electrons. The summed E-state index contributed by atoms with van der Waals surface area (Å²) in [5.74, 6) is -0.903. The highest BCUT2D eigenvalue weighted by molar-refractivity contribution is 8.14. The second kappa shape index (κ2) is 2.91. The SMILES string of the molecule is NC(=O)CN1C(=O)CSC1=O. The fourth-order valence-electron chi connectivity index (χ4n) is 0.690. The molecule has 1 saturated heterocycles. The van der Waals surface area contributed by atoms with Crippen LogP contribution in [0.25, 0.3) is 0 Å². The molecule has 0 spiro atoms. The van der Waals surface area contributed by atoms with E-state index < -0.39 is 11.1 Å². The Balaban J connectivity index is 2.62. The number of amides is 3. The Morgan fingerprint density at radius 2 is 2.27 bits per heavy atom. The van der Waals surface area contributed by atoms with Crippen molar-refractivity contribution in [2.24, 2.45) is 5.73 Å². The molecule has 0 saturated carbocycles. The van der Waals surface area contributed by atoms with Gasteiger partial charge in [0.25, 0.3) is 5.24 Å². The second-order valence-electron chi connectivity index (χ2n) is 2.00. The number of hydrogen-bond acceptors (Lipinski definition) is 4. The summed E-state index contributed by atoms with van der Waals surface area (Å²) in [4.78, 5) is 32.7. The summed E-state index contributed by atoms with van der Waals surface area (Å²) in [5, 5.41) is -0.395. The number of carbonyl (C=O) groups excluding carboxylic acids is 3. The van der Waals surface area contributed by atoms with Crippen LogP contribution in [0, 0.1) is 0 Å². The summed E-state index contributed by atoms with van der Waals surface area (Å²) >= 11 is 0.885.